The summed E-state index contributed by atoms with van der Waals surface area (Å²) in [6.45, 7) is 9.54. The number of halogens is 1. The largest absolute Gasteiger partial charge is 0.374 e. The summed E-state index contributed by atoms with van der Waals surface area (Å²) >= 11 is 0. The van der Waals surface area contributed by atoms with Crippen LogP contribution in [0.5, 0.6) is 0 Å². The molecule has 0 aliphatic carbocycles. The van der Waals surface area contributed by atoms with Gasteiger partial charge in [0.05, 0.1) is 25.5 Å². The van der Waals surface area contributed by atoms with Gasteiger partial charge in [-0.3, -0.25) is 9.59 Å². The minimum atomic E-state index is -0.703. The van der Waals surface area contributed by atoms with E-state index in [2.05, 4.69) is 26.9 Å². The van der Waals surface area contributed by atoms with Crippen molar-refractivity contribution in [3.8, 4) is 11.1 Å². The molecule has 1 aromatic heterocycles. The number of hydrogen-bond donors (Lipinski definition) is 1. The number of fused-ring (bicyclic) bond motifs is 3. The number of rotatable bonds is 5. The molecule has 9 nitrogen and oxygen atoms in total. The average Bonchev–Trinajstić information content (AvgIpc) is 3.15. The van der Waals surface area contributed by atoms with Crippen molar-refractivity contribution < 1.29 is 18.7 Å². The minimum Gasteiger partial charge on any atom is -0.374 e. The third-order valence-electron chi connectivity index (χ3n) is 7.46. The molecule has 1 saturated heterocycles. The molecule has 1 amide bonds. The number of nitrogens with zero attached hydrogens (tertiary/aromatic N) is 5. The molecule has 1 fully saturated rings. The van der Waals surface area contributed by atoms with Crippen LogP contribution in [0.25, 0.3) is 11.1 Å². The van der Waals surface area contributed by atoms with Gasteiger partial charge in [-0.25, -0.2) is 14.4 Å². The van der Waals surface area contributed by atoms with Gasteiger partial charge in [0.25, 0.3) is 11.7 Å². The van der Waals surface area contributed by atoms with Crippen LogP contribution in [0, 0.1) is 6.92 Å². The zero-order valence-electron chi connectivity index (χ0n) is 23.4. The lowest BCUT2D eigenvalue weighted by atomic mass is 10.0. The molecule has 1 unspecified atom stereocenters. The summed E-state index contributed by atoms with van der Waals surface area (Å²) < 4.78 is 21.0. The number of benzene rings is 2. The van der Waals surface area contributed by atoms with Crippen LogP contribution in [-0.4, -0.2) is 66.1 Å². The van der Waals surface area contributed by atoms with Gasteiger partial charge >= 0.3 is 0 Å². The minimum absolute atomic E-state index is 0.0198. The van der Waals surface area contributed by atoms with Crippen molar-refractivity contribution >= 4 is 35.7 Å². The first kappa shape index (κ1) is 28.0. The number of carbonyl (C=O) groups excluding carboxylic acids is 2. The molecule has 0 radical (unpaired) electrons. The second-order valence-electron chi connectivity index (χ2n) is 10.2. The van der Waals surface area contributed by atoms with Gasteiger partial charge < -0.3 is 24.4 Å². The Balaban J connectivity index is 1.33. The second-order valence-corrected chi connectivity index (χ2v) is 10.2. The summed E-state index contributed by atoms with van der Waals surface area (Å²) in [5, 5.41) is 2.80. The summed E-state index contributed by atoms with van der Waals surface area (Å²) in [5.41, 5.74) is 5.27. The van der Waals surface area contributed by atoms with Gasteiger partial charge in [0.1, 0.15) is 11.5 Å². The van der Waals surface area contributed by atoms with Crippen LogP contribution in [0.2, 0.25) is 0 Å². The maximum Gasteiger partial charge on any atom is 0.298 e. The van der Waals surface area contributed by atoms with E-state index in [1.807, 2.05) is 60.4 Å². The average molecular weight is 557 g/mol. The monoisotopic (exact) mass is 556 g/mol. The van der Waals surface area contributed by atoms with Crippen LogP contribution in [0.1, 0.15) is 28.7 Å². The summed E-state index contributed by atoms with van der Waals surface area (Å²) in [6, 6.07) is 17.1. The van der Waals surface area contributed by atoms with Gasteiger partial charge in [0.15, 0.2) is 0 Å². The molecule has 212 valence electrons. The molecule has 5 rings (SSSR count). The number of piperazine rings is 1. The number of ketones is 1. The normalized spacial score (nSPS) is 17.4. The Bertz CT molecular complexity index is 1540. The molecule has 41 heavy (non-hydrogen) atoms. The van der Waals surface area contributed by atoms with Crippen LogP contribution < -0.4 is 10.2 Å². The molecule has 3 aromatic rings. The molecule has 2 aromatic carbocycles. The van der Waals surface area contributed by atoms with Crippen LogP contribution >= 0.6 is 0 Å². The van der Waals surface area contributed by atoms with Gasteiger partial charge in [-0.05, 0) is 50.4 Å². The molecular formula is C31H33FN6O3. The molecule has 2 aliphatic heterocycles. The number of aromatic nitrogens is 1. The predicted octanol–water partition coefficient (Wildman–Crippen LogP) is 4.73. The lowest BCUT2D eigenvalue weighted by molar-refractivity contribution is -0.112. The van der Waals surface area contributed by atoms with Crippen LogP contribution in [0.4, 0.5) is 15.8 Å². The molecular weight excluding hydrogens is 523 g/mol. The molecule has 1 atom stereocenters. The number of anilines is 2. The zero-order valence-corrected chi connectivity index (χ0v) is 23.4. The number of nitrogens with one attached hydrogen (secondary N) is 1. The Morgan fingerprint density at radius 2 is 1.93 bits per heavy atom. The van der Waals surface area contributed by atoms with Crippen LogP contribution in [-0.2, 0) is 23.2 Å². The number of guanidine groups is 1. The molecule has 1 N–H and O–H groups in total. The van der Waals surface area contributed by atoms with Crippen molar-refractivity contribution in [2.45, 2.75) is 26.5 Å². The SMILES string of the molecule is C=N/C(=N\C=C(/C)F)N1CCN2c3ccc(NC(=O)C(=O)c4c(-c5ccccc5)cc(C)n4C)cc3COCC2C1. The molecule has 0 saturated carbocycles. The predicted molar refractivity (Wildman–Crippen MR) is 159 cm³/mol. The fraction of sp³-hybridized carbons (Fsp3) is 0.290. The smallest absolute Gasteiger partial charge is 0.298 e. The zero-order chi connectivity index (χ0) is 29.1. The molecule has 10 heteroatoms. The van der Waals surface area contributed by atoms with E-state index in [9.17, 15) is 14.0 Å². The Morgan fingerprint density at radius 3 is 2.66 bits per heavy atom. The van der Waals surface area contributed by atoms with Crippen molar-refractivity contribution in [2.24, 2.45) is 17.0 Å². The fourth-order valence-electron chi connectivity index (χ4n) is 5.37. The summed E-state index contributed by atoms with van der Waals surface area (Å²) in [5.74, 6) is -1.34. The number of allylic oxidation sites excluding steroid dienone is 1. The maximum absolute atomic E-state index is 13.4. The van der Waals surface area contributed by atoms with Crippen LogP contribution in [0.15, 0.2) is 76.6 Å². The number of carbonyl (C=O) groups is 2. The highest BCUT2D eigenvalue weighted by molar-refractivity contribution is 6.47. The quantitative estimate of drug-likeness (QED) is 0.212. The van der Waals surface area contributed by atoms with Crippen LogP contribution in [0.3, 0.4) is 0 Å². The molecule has 0 bridgehead atoms. The number of hydrogen-bond acceptors (Lipinski definition) is 5. The van der Waals surface area contributed by atoms with E-state index in [1.54, 1.807) is 17.7 Å². The second kappa shape index (κ2) is 11.9. The van der Waals surface area contributed by atoms with Crippen molar-refractivity contribution in [3.05, 3.63) is 83.6 Å². The lowest BCUT2D eigenvalue weighted by Crippen LogP contribution is -2.56. The first-order valence-corrected chi connectivity index (χ1v) is 13.4. The van der Waals surface area contributed by atoms with Gasteiger partial charge in [0.2, 0.25) is 5.96 Å². The lowest BCUT2D eigenvalue weighted by Gasteiger charge is -2.42. The highest BCUT2D eigenvalue weighted by atomic mass is 19.1. The third-order valence-corrected chi connectivity index (χ3v) is 7.46. The van der Waals surface area contributed by atoms with E-state index in [4.69, 9.17) is 4.74 Å². The van der Waals surface area contributed by atoms with Crippen molar-refractivity contribution in [3.63, 3.8) is 0 Å². The first-order valence-electron chi connectivity index (χ1n) is 13.4. The molecule has 3 heterocycles. The Labute approximate surface area is 238 Å². The van der Waals surface area contributed by atoms with E-state index in [0.29, 0.717) is 50.2 Å². The number of aryl methyl sites for hydroxylation is 1. The fourth-order valence-corrected chi connectivity index (χ4v) is 5.37. The third kappa shape index (κ3) is 5.83. The maximum atomic E-state index is 13.4. The van der Waals surface area contributed by atoms with Gasteiger partial charge in [-0.2, -0.15) is 0 Å². The van der Waals surface area contributed by atoms with Crippen molar-refractivity contribution in [1.82, 2.24) is 9.47 Å². The number of ether oxygens (including phenoxy) is 1. The van der Waals surface area contributed by atoms with E-state index >= 15 is 0 Å². The highest BCUT2D eigenvalue weighted by Crippen LogP contribution is 2.32. The Kier molecular flexibility index (Phi) is 8.11. The van der Waals surface area contributed by atoms with Crippen molar-refractivity contribution in [1.29, 1.82) is 0 Å². The molecule has 0 spiro atoms. The van der Waals surface area contributed by atoms with Gasteiger partial charge in [0, 0.05) is 54.9 Å². The van der Waals surface area contributed by atoms with E-state index in [-0.39, 0.29) is 6.04 Å². The van der Waals surface area contributed by atoms with Gasteiger partial charge in [-0.1, -0.05) is 30.3 Å². The summed E-state index contributed by atoms with van der Waals surface area (Å²) in [7, 11) is 1.79. The van der Waals surface area contributed by atoms with E-state index in [0.717, 1.165) is 34.3 Å². The van der Waals surface area contributed by atoms with Gasteiger partial charge in [-0.15, -0.1) is 0 Å². The first-order chi connectivity index (χ1) is 19.8. The van der Waals surface area contributed by atoms with E-state index < -0.39 is 17.5 Å². The van der Waals surface area contributed by atoms with Crippen molar-refractivity contribution in [2.75, 3.05) is 36.5 Å². The standard InChI is InChI=1S/C31H33FN6O3/c1-20(32)16-34-31(33-3)37-12-13-38-25(17-37)19-41-18-23-15-24(10-11-27(23)38)35-30(40)29(39)28-26(14-21(2)36(28)4)22-8-6-5-7-9-22/h5-11,14-16,25H,3,12-13,17-19H2,1-2,4H3,(H,35,40)/b20-16+,34-31+. The number of aliphatic imine (C=N–C) groups is 2. The number of Topliss-reactive ketones (excluding diaryl/α,β-unsaturated/α-hetero) is 1. The Morgan fingerprint density at radius 1 is 1.15 bits per heavy atom. The summed E-state index contributed by atoms with van der Waals surface area (Å²) in [4.78, 5) is 38.9. The highest BCUT2D eigenvalue weighted by Gasteiger charge is 2.32. The Hall–Kier alpha value is -4.57. The number of amides is 1. The topological polar surface area (TPSA) is 91.5 Å². The van der Waals surface area contributed by atoms with E-state index in [1.165, 1.54) is 6.92 Å². The molecule has 2 aliphatic rings. The summed E-state index contributed by atoms with van der Waals surface area (Å²) in [6.07, 6.45) is 1.14.